The van der Waals surface area contributed by atoms with Crippen molar-refractivity contribution in [3.8, 4) is 0 Å². The van der Waals surface area contributed by atoms with Gasteiger partial charge in [-0.25, -0.2) is 0 Å². The third-order valence-corrected chi connectivity index (χ3v) is 3.54. The van der Waals surface area contributed by atoms with Crippen molar-refractivity contribution in [2.45, 2.75) is 33.6 Å². The molecule has 1 saturated heterocycles. The summed E-state index contributed by atoms with van der Waals surface area (Å²) >= 11 is 0. The molecule has 0 N–H and O–H groups in total. The first-order valence-electron chi connectivity index (χ1n) is 6.10. The lowest BCUT2D eigenvalue weighted by Crippen LogP contribution is -2.45. The van der Waals surface area contributed by atoms with Crippen molar-refractivity contribution in [1.29, 1.82) is 0 Å². The van der Waals surface area contributed by atoms with Crippen LogP contribution in [0.25, 0.3) is 0 Å². The molecule has 6 nitrogen and oxygen atoms in total. The molecule has 1 fully saturated rings. The number of nitrogens with zero attached hydrogens (tertiary/aromatic N) is 1. The number of nitro groups is 1. The summed E-state index contributed by atoms with van der Waals surface area (Å²) in [5, 5.41) is 10.8. The molecule has 2 atom stereocenters. The van der Waals surface area contributed by atoms with Crippen LogP contribution in [0.1, 0.15) is 33.6 Å². The number of ketones is 1. The number of rotatable bonds is 6. The number of carbonyl (C=O) groups is 2. The summed E-state index contributed by atoms with van der Waals surface area (Å²) in [6.45, 7) is 4.96. The zero-order valence-electron chi connectivity index (χ0n) is 11.0. The maximum absolute atomic E-state index is 11.9. The Kier molecular flexibility index (Phi) is 4.43. The van der Waals surface area contributed by atoms with Crippen LogP contribution in [0.15, 0.2) is 0 Å². The number of carbonyl (C=O) groups excluding carboxylic acids is 2. The van der Waals surface area contributed by atoms with Crippen molar-refractivity contribution in [2.24, 2.45) is 17.3 Å². The predicted octanol–water partition coefficient (Wildman–Crippen LogP) is 1.45. The van der Waals surface area contributed by atoms with Gasteiger partial charge in [0, 0.05) is 17.3 Å². The van der Waals surface area contributed by atoms with Gasteiger partial charge in [-0.1, -0.05) is 13.8 Å². The van der Waals surface area contributed by atoms with Crippen molar-refractivity contribution in [3.05, 3.63) is 10.1 Å². The van der Waals surface area contributed by atoms with E-state index >= 15 is 0 Å². The fraction of sp³-hybridized carbons (Fsp3) is 0.833. The maximum Gasteiger partial charge on any atom is 0.320 e. The van der Waals surface area contributed by atoms with E-state index in [2.05, 4.69) is 0 Å². The minimum absolute atomic E-state index is 0.171. The molecule has 6 heteroatoms. The van der Waals surface area contributed by atoms with Gasteiger partial charge in [-0.2, -0.15) is 0 Å². The minimum atomic E-state index is -1.31. The molecule has 0 bridgehead atoms. The summed E-state index contributed by atoms with van der Waals surface area (Å²) in [4.78, 5) is 34.0. The smallest absolute Gasteiger partial charge is 0.320 e. The molecule has 0 saturated carbocycles. The van der Waals surface area contributed by atoms with Crippen LogP contribution in [-0.4, -0.2) is 29.8 Å². The highest BCUT2D eigenvalue weighted by Gasteiger charge is 2.56. The Morgan fingerprint density at radius 2 is 2.17 bits per heavy atom. The van der Waals surface area contributed by atoms with E-state index in [1.54, 1.807) is 0 Å². The first-order valence-corrected chi connectivity index (χ1v) is 6.10. The summed E-state index contributed by atoms with van der Waals surface area (Å²) in [6, 6.07) is 0. The van der Waals surface area contributed by atoms with E-state index < -0.39 is 22.2 Å². The number of ether oxygens (including phenoxy) is 1. The molecule has 0 amide bonds. The second-order valence-corrected chi connectivity index (χ2v) is 5.26. The number of Topliss-reactive ketones (excluding diaryl/α,β-unsaturated/α-hetero) is 1. The highest BCUT2D eigenvalue weighted by Crippen LogP contribution is 2.42. The quantitative estimate of drug-likeness (QED) is 0.311. The van der Waals surface area contributed by atoms with Gasteiger partial charge in [0.15, 0.2) is 0 Å². The topological polar surface area (TPSA) is 86.5 Å². The van der Waals surface area contributed by atoms with Gasteiger partial charge in [0.05, 0.1) is 6.61 Å². The molecule has 1 unspecified atom stereocenters. The van der Waals surface area contributed by atoms with Crippen LogP contribution < -0.4 is 0 Å². The van der Waals surface area contributed by atoms with Crippen molar-refractivity contribution >= 4 is 11.8 Å². The normalized spacial score (nSPS) is 25.0. The molecule has 1 heterocycles. The second-order valence-electron chi connectivity index (χ2n) is 5.26. The zero-order chi connectivity index (χ0) is 13.9. The third kappa shape index (κ3) is 2.68. The summed E-state index contributed by atoms with van der Waals surface area (Å²) in [6.07, 6.45) is 0.724. The van der Waals surface area contributed by atoms with Gasteiger partial charge in [0.25, 0.3) is 0 Å². The van der Waals surface area contributed by atoms with Crippen molar-refractivity contribution in [2.75, 3.05) is 13.2 Å². The lowest BCUT2D eigenvalue weighted by Gasteiger charge is -2.30. The minimum Gasteiger partial charge on any atom is -0.465 e. The van der Waals surface area contributed by atoms with Crippen LogP contribution in [0.4, 0.5) is 0 Å². The van der Waals surface area contributed by atoms with Crippen LogP contribution in [-0.2, 0) is 14.3 Å². The van der Waals surface area contributed by atoms with E-state index in [1.165, 1.54) is 6.92 Å². The summed E-state index contributed by atoms with van der Waals surface area (Å²) in [7, 11) is 0. The summed E-state index contributed by atoms with van der Waals surface area (Å²) in [5.74, 6) is -1.32. The van der Waals surface area contributed by atoms with Gasteiger partial charge in [0.1, 0.15) is 11.2 Å². The van der Waals surface area contributed by atoms with E-state index in [1.807, 2.05) is 13.8 Å². The molecule has 1 aliphatic heterocycles. The van der Waals surface area contributed by atoms with Crippen molar-refractivity contribution in [3.63, 3.8) is 0 Å². The molecule has 102 valence electrons. The van der Waals surface area contributed by atoms with E-state index in [0.717, 1.165) is 0 Å². The fourth-order valence-corrected chi connectivity index (χ4v) is 2.69. The monoisotopic (exact) mass is 257 g/mol. The van der Waals surface area contributed by atoms with E-state index in [0.29, 0.717) is 6.42 Å². The van der Waals surface area contributed by atoms with Crippen LogP contribution >= 0.6 is 0 Å². The fourth-order valence-electron chi connectivity index (χ4n) is 2.69. The molecule has 0 radical (unpaired) electrons. The summed E-state index contributed by atoms with van der Waals surface area (Å²) < 4.78 is 4.89. The van der Waals surface area contributed by atoms with Crippen LogP contribution in [0, 0.1) is 27.4 Å². The Hall–Kier alpha value is -1.46. The zero-order valence-corrected chi connectivity index (χ0v) is 11.0. The molecule has 1 aliphatic rings. The molecule has 0 aromatic rings. The molecular weight excluding hydrogens is 238 g/mol. The van der Waals surface area contributed by atoms with Gasteiger partial charge < -0.3 is 4.74 Å². The standard InChI is InChI=1S/C12H19NO5/c1-8(2)6-10(7-13(16)17)12(9(3)14)4-5-18-11(12)15/h8,10H,4-7H2,1-3H3/t10?,12-/m1/s1. The Balaban J connectivity index is 3.08. The lowest BCUT2D eigenvalue weighted by atomic mass is 9.68. The number of hydrogen-bond acceptors (Lipinski definition) is 5. The largest absolute Gasteiger partial charge is 0.465 e. The molecule has 0 aromatic carbocycles. The van der Waals surface area contributed by atoms with Crippen molar-refractivity contribution < 1.29 is 19.2 Å². The SMILES string of the molecule is CC(=O)[C@@]1(C(CC(C)C)C[N+](=O)[O-])CCOC1=O. The van der Waals surface area contributed by atoms with Gasteiger partial charge in [0.2, 0.25) is 6.54 Å². The second kappa shape index (κ2) is 5.46. The molecular formula is C12H19NO5. The number of esters is 1. The molecule has 1 rings (SSSR count). The average Bonchev–Trinajstić information content (AvgIpc) is 2.58. The Morgan fingerprint density at radius 1 is 1.56 bits per heavy atom. The van der Waals surface area contributed by atoms with Gasteiger partial charge in [-0.05, 0) is 19.3 Å². The van der Waals surface area contributed by atoms with Crippen LogP contribution in [0.3, 0.4) is 0 Å². The van der Waals surface area contributed by atoms with E-state index in [4.69, 9.17) is 4.74 Å². The first kappa shape index (κ1) is 14.6. The highest BCUT2D eigenvalue weighted by molar-refractivity contribution is 6.04. The molecule has 0 aliphatic carbocycles. The molecule has 0 spiro atoms. The van der Waals surface area contributed by atoms with Gasteiger partial charge in [-0.3, -0.25) is 19.7 Å². The number of hydrogen-bond donors (Lipinski definition) is 0. The average molecular weight is 257 g/mol. The Labute approximate surface area is 106 Å². The lowest BCUT2D eigenvalue weighted by molar-refractivity contribution is -0.491. The first-order chi connectivity index (χ1) is 8.30. The maximum atomic E-state index is 11.9. The van der Waals surface area contributed by atoms with Crippen molar-refractivity contribution in [1.82, 2.24) is 0 Å². The van der Waals surface area contributed by atoms with Gasteiger partial charge in [-0.15, -0.1) is 0 Å². The summed E-state index contributed by atoms with van der Waals surface area (Å²) in [5.41, 5.74) is -1.31. The number of cyclic esters (lactones) is 1. The van der Waals surface area contributed by atoms with Gasteiger partial charge >= 0.3 is 5.97 Å². The molecule has 18 heavy (non-hydrogen) atoms. The Bertz CT molecular complexity index is 365. The predicted molar refractivity (Wildman–Crippen MR) is 63.5 cm³/mol. The third-order valence-electron chi connectivity index (χ3n) is 3.54. The van der Waals surface area contributed by atoms with Crippen LogP contribution in [0.5, 0.6) is 0 Å². The van der Waals surface area contributed by atoms with E-state index in [-0.39, 0.29) is 31.3 Å². The Morgan fingerprint density at radius 3 is 2.50 bits per heavy atom. The van der Waals surface area contributed by atoms with Crippen LogP contribution in [0.2, 0.25) is 0 Å². The molecule has 0 aromatic heterocycles. The highest BCUT2D eigenvalue weighted by atomic mass is 16.6. The van der Waals surface area contributed by atoms with E-state index in [9.17, 15) is 19.7 Å².